The average Bonchev–Trinajstić information content (AvgIpc) is 2.92. The number of rotatable bonds is 4. The zero-order valence-electron chi connectivity index (χ0n) is 20.6. The van der Waals surface area contributed by atoms with Crippen LogP contribution in [0.1, 0.15) is 30.2 Å². The Kier molecular flexibility index (Phi) is 7.85. The third-order valence-electron chi connectivity index (χ3n) is 6.66. The Morgan fingerprint density at radius 2 is 1.72 bits per heavy atom. The number of pyridine rings is 1. The molecule has 0 unspecified atom stereocenters. The zero-order valence-corrected chi connectivity index (χ0v) is 20.6. The van der Waals surface area contributed by atoms with Gasteiger partial charge in [-0.3, -0.25) is 0 Å². The molecule has 0 radical (unpaired) electrons. The summed E-state index contributed by atoms with van der Waals surface area (Å²) in [5.74, 6) is -1.60. The summed E-state index contributed by atoms with van der Waals surface area (Å²) in [5.41, 5.74) is 4.96. The van der Waals surface area contributed by atoms with Crippen molar-refractivity contribution in [3.8, 4) is 5.75 Å². The van der Waals surface area contributed by atoms with Crippen LogP contribution < -0.4 is 9.64 Å². The molecule has 0 atom stereocenters. The molecule has 1 aliphatic heterocycles. The van der Waals surface area contributed by atoms with Gasteiger partial charge in [-0.05, 0) is 54.1 Å². The molecular weight excluding hydrogens is 458 g/mol. The van der Waals surface area contributed by atoms with Gasteiger partial charge in [0.2, 0.25) is 0 Å². The van der Waals surface area contributed by atoms with Crippen LogP contribution in [0.2, 0.25) is 0 Å². The zero-order chi connectivity index (χ0) is 25.7. The number of likely N-dealkylation sites (N-methyl/N-ethyl adjacent to an activating group) is 1. The Hall–Kier alpha value is -3.91. The first kappa shape index (κ1) is 25.2. The van der Waals surface area contributed by atoms with Crippen LogP contribution >= 0.6 is 0 Å². The number of methoxy groups -OCH3 is 1. The lowest BCUT2D eigenvalue weighted by Gasteiger charge is -2.35. The number of aromatic nitrogens is 1. The number of carboxylic acid groups (broad SMARTS) is 2. The fraction of sp³-hybridized carbons (Fsp3) is 0.321. The molecule has 1 fully saturated rings. The molecule has 36 heavy (non-hydrogen) atoms. The number of carboxylic acids is 2. The minimum Gasteiger partial charge on any atom is -0.497 e. The summed E-state index contributed by atoms with van der Waals surface area (Å²) in [7, 11) is 1.73. The fourth-order valence-electron chi connectivity index (χ4n) is 4.73. The van der Waals surface area contributed by atoms with E-state index in [0.717, 1.165) is 62.8 Å². The Balaban J connectivity index is 0.000000455. The van der Waals surface area contributed by atoms with E-state index in [1.807, 2.05) is 0 Å². The van der Waals surface area contributed by atoms with E-state index in [4.69, 9.17) is 29.5 Å². The smallest absolute Gasteiger partial charge is 0.414 e. The number of benzene rings is 2. The van der Waals surface area contributed by atoms with E-state index in [-0.39, 0.29) is 0 Å². The van der Waals surface area contributed by atoms with Gasteiger partial charge in [-0.25, -0.2) is 14.6 Å². The molecule has 2 aliphatic rings. The number of hydrogen-bond acceptors (Lipinski definition) is 6. The molecule has 188 valence electrons. The van der Waals surface area contributed by atoms with Gasteiger partial charge in [0.25, 0.3) is 0 Å². The second-order valence-electron chi connectivity index (χ2n) is 8.76. The number of hydrogen-bond donors (Lipinski definition) is 2. The molecule has 3 aromatic rings. The SMILES string of the molecule is CCN1CCN(c2nc(C3=CCCc4cc(OC)ccc43)cc3ccccc23)CC1.O=C(O)C(=O)O. The van der Waals surface area contributed by atoms with Crippen LogP contribution in [0.3, 0.4) is 0 Å². The highest BCUT2D eigenvalue weighted by Gasteiger charge is 2.22. The maximum atomic E-state index is 9.10. The summed E-state index contributed by atoms with van der Waals surface area (Å²) in [5, 5.41) is 17.3. The van der Waals surface area contributed by atoms with E-state index in [9.17, 15) is 0 Å². The molecule has 8 heteroatoms. The molecule has 0 saturated carbocycles. The van der Waals surface area contributed by atoms with Crippen LogP contribution in [0.15, 0.2) is 54.6 Å². The highest BCUT2D eigenvalue weighted by Crippen LogP contribution is 2.36. The van der Waals surface area contributed by atoms with Gasteiger partial charge in [-0.2, -0.15) is 0 Å². The summed E-state index contributed by atoms with van der Waals surface area (Å²) in [6, 6.07) is 17.3. The van der Waals surface area contributed by atoms with Crippen molar-refractivity contribution in [1.82, 2.24) is 9.88 Å². The predicted molar refractivity (Wildman–Crippen MR) is 140 cm³/mol. The monoisotopic (exact) mass is 489 g/mol. The van der Waals surface area contributed by atoms with E-state index in [2.05, 4.69) is 71.3 Å². The van der Waals surface area contributed by atoms with Crippen LogP contribution in [0.25, 0.3) is 16.3 Å². The topological polar surface area (TPSA) is 103 Å². The third kappa shape index (κ3) is 5.49. The van der Waals surface area contributed by atoms with Crippen molar-refractivity contribution in [2.24, 2.45) is 0 Å². The van der Waals surface area contributed by atoms with Crippen LogP contribution in [0.5, 0.6) is 5.75 Å². The van der Waals surface area contributed by atoms with Crippen LogP contribution in [0, 0.1) is 0 Å². The standard InChI is InChI=1S/C26H29N3O.C2H2O4/c1-3-28-13-15-29(16-14-28)26-23-9-5-4-7-20(23)18-25(27-26)24-10-6-8-19-17-21(30-2)11-12-22(19)24;3-1(4)2(5)6/h4-5,7,9-12,17-18H,3,6,8,13-16H2,1-2H3;(H,3,4)(H,5,6). The number of carbonyl (C=O) groups is 2. The minimum atomic E-state index is -1.82. The van der Waals surface area contributed by atoms with Gasteiger partial charge in [-0.1, -0.05) is 43.3 Å². The number of piperazine rings is 1. The fourth-order valence-corrected chi connectivity index (χ4v) is 4.73. The number of ether oxygens (including phenoxy) is 1. The molecule has 1 aromatic heterocycles. The summed E-state index contributed by atoms with van der Waals surface area (Å²) < 4.78 is 5.45. The maximum absolute atomic E-state index is 9.10. The average molecular weight is 490 g/mol. The van der Waals surface area contributed by atoms with Crippen molar-refractivity contribution in [1.29, 1.82) is 0 Å². The molecule has 0 bridgehead atoms. The van der Waals surface area contributed by atoms with Crippen LogP contribution in [0.4, 0.5) is 5.82 Å². The first-order valence-corrected chi connectivity index (χ1v) is 12.1. The summed E-state index contributed by atoms with van der Waals surface area (Å²) in [6.45, 7) is 7.62. The lowest BCUT2D eigenvalue weighted by atomic mass is 9.88. The first-order valence-electron chi connectivity index (χ1n) is 12.1. The van der Waals surface area contributed by atoms with Gasteiger partial charge in [0, 0.05) is 37.1 Å². The summed E-state index contributed by atoms with van der Waals surface area (Å²) >= 11 is 0. The number of anilines is 1. The van der Waals surface area contributed by atoms with Crippen molar-refractivity contribution in [3.05, 3.63) is 71.4 Å². The molecule has 1 saturated heterocycles. The normalized spacial score (nSPS) is 15.4. The number of allylic oxidation sites excluding steroid dienone is 1. The van der Waals surface area contributed by atoms with E-state index in [1.54, 1.807) is 7.11 Å². The van der Waals surface area contributed by atoms with Crippen molar-refractivity contribution >= 4 is 34.1 Å². The highest BCUT2D eigenvalue weighted by atomic mass is 16.5. The summed E-state index contributed by atoms with van der Waals surface area (Å²) in [4.78, 5) is 28.4. The maximum Gasteiger partial charge on any atom is 0.414 e. The predicted octanol–water partition coefficient (Wildman–Crippen LogP) is 3.92. The Bertz CT molecular complexity index is 1280. The van der Waals surface area contributed by atoms with Gasteiger partial charge in [-0.15, -0.1) is 0 Å². The molecular formula is C28H31N3O5. The number of fused-ring (bicyclic) bond motifs is 2. The second-order valence-corrected chi connectivity index (χ2v) is 8.76. The number of aryl methyl sites for hydroxylation is 1. The lowest BCUT2D eigenvalue weighted by molar-refractivity contribution is -0.159. The Morgan fingerprint density at radius 1 is 1.00 bits per heavy atom. The quantitative estimate of drug-likeness (QED) is 0.532. The second kappa shape index (κ2) is 11.2. The highest BCUT2D eigenvalue weighted by molar-refractivity contribution is 6.27. The number of nitrogens with zero attached hydrogens (tertiary/aromatic N) is 3. The Morgan fingerprint density at radius 3 is 2.39 bits per heavy atom. The largest absolute Gasteiger partial charge is 0.497 e. The van der Waals surface area contributed by atoms with Gasteiger partial charge in [0.1, 0.15) is 11.6 Å². The molecule has 5 rings (SSSR count). The minimum absolute atomic E-state index is 0.927. The number of aliphatic carboxylic acids is 2. The van der Waals surface area contributed by atoms with E-state index in [0.29, 0.717) is 0 Å². The van der Waals surface area contributed by atoms with Crippen LogP contribution in [-0.2, 0) is 16.0 Å². The van der Waals surface area contributed by atoms with Crippen molar-refractivity contribution < 1.29 is 24.5 Å². The third-order valence-corrected chi connectivity index (χ3v) is 6.66. The molecule has 2 heterocycles. The van der Waals surface area contributed by atoms with Crippen molar-refractivity contribution in [2.45, 2.75) is 19.8 Å². The lowest BCUT2D eigenvalue weighted by Crippen LogP contribution is -2.46. The molecule has 0 amide bonds. The van der Waals surface area contributed by atoms with E-state index >= 15 is 0 Å². The molecule has 1 aliphatic carbocycles. The summed E-state index contributed by atoms with van der Waals surface area (Å²) in [6.07, 6.45) is 4.44. The Labute approximate surface area is 210 Å². The molecule has 8 nitrogen and oxygen atoms in total. The molecule has 2 aromatic carbocycles. The van der Waals surface area contributed by atoms with Gasteiger partial charge in [0.05, 0.1) is 12.8 Å². The molecule has 2 N–H and O–H groups in total. The van der Waals surface area contributed by atoms with E-state index in [1.165, 1.54) is 27.5 Å². The van der Waals surface area contributed by atoms with Gasteiger partial charge >= 0.3 is 11.9 Å². The van der Waals surface area contributed by atoms with Crippen molar-refractivity contribution in [3.63, 3.8) is 0 Å². The van der Waals surface area contributed by atoms with Gasteiger partial charge < -0.3 is 24.7 Å². The van der Waals surface area contributed by atoms with Gasteiger partial charge in [0.15, 0.2) is 0 Å². The molecule has 0 spiro atoms. The first-order chi connectivity index (χ1) is 17.4. The van der Waals surface area contributed by atoms with Crippen LogP contribution in [-0.4, -0.2) is 71.9 Å². The van der Waals surface area contributed by atoms with E-state index < -0.39 is 11.9 Å². The van der Waals surface area contributed by atoms with Crippen molar-refractivity contribution in [2.75, 3.05) is 44.7 Å².